The lowest BCUT2D eigenvalue weighted by Gasteiger charge is -2.21. The van der Waals surface area contributed by atoms with Crippen LogP contribution in [0.4, 0.5) is 0 Å². The lowest BCUT2D eigenvalue weighted by Crippen LogP contribution is -2.35. The molecule has 26 heteroatoms. The fourth-order valence-electron chi connectivity index (χ4n) is 7.29. The van der Waals surface area contributed by atoms with E-state index in [2.05, 4.69) is 51.3 Å². The molecule has 22 nitrogen and oxygen atoms in total. The van der Waals surface area contributed by atoms with Crippen LogP contribution in [0.25, 0.3) is 21.8 Å². The number of halogens is 2. The molecule has 0 saturated heterocycles. The molecule has 8 N–H and O–H groups in total. The summed E-state index contributed by atoms with van der Waals surface area (Å²) >= 11 is 6.62. The molecule has 62 heavy (non-hydrogen) atoms. The zero-order valence-corrected chi connectivity index (χ0v) is 37.7. The molecule has 2 heterocycles. The van der Waals surface area contributed by atoms with Gasteiger partial charge in [-0.25, -0.2) is 19.6 Å². The van der Waals surface area contributed by atoms with E-state index < -0.39 is 111 Å². The number of aromatic nitrogens is 4. The summed E-state index contributed by atoms with van der Waals surface area (Å²) in [7, 11) is -9.96. The van der Waals surface area contributed by atoms with Gasteiger partial charge in [0.05, 0.1) is 85.2 Å². The Morgan fingerprint density at radius 1 is 0.677 bits per heavy atom. The second-order valence-electron chi connectivity index (χ2n) is 14.3. The largest absolute Gasteiger partial charge is 0.464 e. The van der Waals surface area contributed by atoms with Crippen LogP contribution < -0.4 is 11.1 Å². The first-order valence-electron chi connectivity index (χ1n) is 18.8. The van der Waals surface area contributed by atoms with Crippen LogP contribution in [-0.4, -0.2) is 134 Å². The number of hydrogen-bond acceptors (Lipinski definition) is 16. The highest BCUT2D eigenvalue weighted by Crippen LogP contribution is 2.45. The van der Waals surface area contributed by atoms with Crippen molar-refractivity contribution in [1.82, 2.24) is 19.1 Å². The summed E-state index contributed by atoms with van der Waals surface area (Å²) < 4.78 is 46.1. The molecular weight excluding hydrogens is 998 g/mol. The summed E-state index contributed by atoms with van der Waals surface area (Å²) in [4.78, 5) is 95.5. The molecule has 10 atom stereocenters. The number of hydrogen-bond donors (Lipinski definition) is 8. The van der Waals surface area contributed by atoms with E-state index >= 15 is 0 Å². The number of rotatable bonds is 14. The third-order valence-corrected chi connectivity index (χ3v) is 13.6. The average Bonchev–Trinajstić information content (AvgIpc) is 3.63. The molecule has 0 aliphatic heterocycles. The predicted molar refractivity (Wildman–Crippen MR) is 223 cm³/mol. The molecule has 0 unspecified atom stereocenters. The minimum atomic E-state index is -4.98. The van der Waals surface area contributed by atoms with Crippen molar-refractivity contribution in [2.75, 3.05) is 26.4 Å². The van der Waals surface area contributed by atoms with Gasteiger partial charge in [0.2, 0.25) is 0 Å². The highest BCUT2D eigenvalue weighted by Gasteiger charge is 2.47. The van der Waals surface area contributed by atoms with Gasteiger partial charge in [0, 0.05) is 20.8 Å². The summed E-state index contributed by atoms with van der Waals surface area (Å²) in [5.41, 5.74) is 0.0785. The fourth-order valence-corrected chi connectivity index (χ4v) is 9.60. The van der Waals surface area contributed by atoms with Crippen LogP contribution in [0, 0.1) is 11.8 Å². The average molecular weight is 1040 g/mol. The highest BCUT2D eigenvalue weighted by molar-refractivity contribution is 9.11. The van der Waals surface area contributed by atoms with Crippen molar-refractivity contribution in [3.05, 3.63) is 78.7 Å². The van der Waals surface area contributed by atoms with Crippen LogP contribution in [0.5, 0.6) is 0 Å². The number of fused-ring (bicyclic) bond motifs is 2. The molecular formula is C36H44Br2N4O18P2. The second kappa shape index (κ2) is 20.7. The van der Waals surface area contributed by atoms with Crippen molar-refractivity contribution in [2.24, 2.45) is 11.8 Å². The third-order valence-electron chi connectivity index (χ3n) is 10.3. The maximum absolute atomic E-state index is 13.0. The van der Waals surface area contributed by atoms with E-state index in [0.717, 1.165) is 0 Å². The summed E-state index contributed by atoms with van der Waals surface area (Å²) in [6, 6.07) is 8.46. The van der Waals surface area contributed by atoms with Crippen LogP contribution in [-0.2, 0) is 37.7 Å². The van der Waals surface area contributed by atoms with Gasteiger partial charge in [0.15, 0.2) is 0 Å². The Morgan fingerprint density at radius 2 is 1.03 bits per heavy atom. The van der Waals surface area contributed by atoms with Crippen LogP contribution in [0.3, 0.4) is 0 Å². The molecule has 0 amide bonds. The number of aliphatic hydroxyl groups is 4. The molecule has 2 aliphatic rings. The Bertz CT molecular complexity index is 2310. The van der Waals surface area contributed by atoms with Gasteiger partial charge in [-0.3, -0.25) is 27.9 Å². The molecule has 4 aromatic rings. The number of ether oxygens (including phenoxy) is 4. The zero-order valence-electron chi connectivity index (χ0n) is 32.7. The quantitative estimate of drug-likeness (QED) is 0.0646. The summed E-state index contributed by atoms with van der Waals surface area (Å²) in [5.74, 6) is -8.33. The van der Waals surface area contributed by atoms with Gasteiger partial charge in [-0.2, -0.15) is 0 Å². The molecule has 340 valence electrons. The Kier molecular flexibility index (Phi) is 16.6. The summed E-state index contributed by atoms with van der Waals surface area (Å²) in [6.07, 6.45) is -2.77. The number of esters is 2. The highest BCUT2D eigenvalue weighted by atomic mass is 79.9. The molecule has 2 saturated carbocycles. The third kappa shape index (κ3) is 10.9. The summed E-state index contributed by atoms with van der Waals surface area (Å²) in [6.45, 7) is 1.87. The fraction of sp³-hybridized carbons (Fsp3) is 0.500. The Hall–Kier alpha value is -3.32. The first-order valence-corrected chi connectivity index (χ1v) is 23.8. The van der Waals surface area contributed by atoms with Crippen molar-refractivity contribution in [3.63, 3.8) is 0 Å². The van der Waals surface area contributed by atoms with Gasteiger partial charge in [-0.1, -0.05) is 12.1 Å². The van der Waals surface area contributed by atoms with Crippen LogP contribution >= 0.6 is 47.1 Å². The lowest BCUT2D eigenvalue weighted by molar-refractivity contribution is -0.154. The molecule has 2 aromatic carbocycles. The molecule has 2 aliphatic carbocycles. The van der Waals surface area contributed by atoms with E-state index in [-0.39, 0.29) is 26.1 Å². The minimum absolute atomic E-state index is 0.0522. The SMILES string of the molecule is CCOC(=O)[C@@H](OC[C@H]1C[C@@H](n2cnc3cccc(Br)c3c2=O)[C@H](O)[C@@H]1O)P(=O)(O)O.CCOC(=O)[C@H](OC[C@H]1C[C@@H](n2cnc3cccc(Br)c3c2=O)[C@H](O)[C@@H]1O)P(=O)(O)O. The molecule has 2 aromatic heterocycles. The molecule has 0 bridgehead atoms. The van der Waals surface area contributed by atoms with Gasteiger partial charge in [0.1, 0.15) is 12.2 Å². The van der Waals surface area contributed by atoms with Gasteiger partial charge in [0.25, 0.3) is 22.8 Å². The van der Waals surface area contributed by atoms with Crippen LogP contribution in [0.1, 0.15) is 38.8 Å². The smallest absolute Gasteiger partial charge is 0.365 e. The zero-order chi connectivity index (χ0) is 45.8. The van der Waals surface area contributed by atoms with Crippen molar-refractivity contribution in [1.29, 1.82) is 0 Å². The van der Waals surface area contributed by atoms with E-state index in [9.17, 15) is 68.3 Å². The van der Waals surface area contributed by atoms with Gasteiger partial charge >= 0.3 is 27.1 Å². The number of carbonyl (C=O) groups excluding carboxylic acids is 2. The number of nitrogens with zero attached hydrogens (tertiary/aromatic N) is 4. The summed E-state index contributed by atoms with van der Waals surface area (Å²) in [5, 5.41) is 42.5. The van der Waals surface area contributed by atoms with E-state index in [4.69, 9.17) is 9.47 Å². The van der Waals surface area contributed by atoms with Crippen molar-refractivity contribution >= 4 is 80.8 Å². The normalized spacial score (nSPS) is 25.0. The Balaban J connectivity index is 0.000000234. The topological polar surface area (TPSA) is 337 Å². The number of carbonyl (C=O) groups is 2. The Labute approximate surface area is 368 Å². The van der Waals surface area contributed by atoms with Gasteiger partial charge < -0.3 is 58.9 Å². The van der Waals surface area contributed by atoms with E-state index in [0.29, 0.717) is 30.8 Å². The van der Waals surface area contributed by atoms with Crippen molar-refractivity contribution in [3.8, 4) is 0 Å². The Morgan fingerprint density at radius 3 is 1.35 bits per heavy atom. The van der Waals surface area contributed by atoms with Crippen LogP contribution in [0.15, 0.2) is 67.6 Å². The standard InChI is InChI=1S/2C18H22BrN2O9P/c2*1-2-29-17(25)18(31(26,27)28)30-7-9-6-12(15(23)14(9)22)21-8-20-11-5-3-4-10(19)13(11)16(21)24/h2*3-5,8-9,12,14-15,18,22-23H,2,6-7H2,1H3,(H2,26,27,28)/t9-,12-,14-,15+,18+;9-,12-,14-,15+,18-/m11/s1. The van der Waals surface area contributed by atoms with Crippen molar-refractivity contribution in [2.45, 2.75) is 74.9 Å². The molecule has 0 radical (unpaired) electrons. The maximum atomic E-state index is 13.0. The first kappa shape index (κ1) is 49.7. The molecule has 6 rings (SSSR count). The minimum Gasteiger partial charge on any atom is -0.464 e. The van der Waals surface area contributed by atoms with E-state index in [1.54, 1.807) is 36.4 Å². The van der Waals surface area contributed by atoms with Crippen LogP contribution in [0.2, 0.25) is 0 Å². The van der Waals surface area contributed by atoms with Gasteiger partial charge in [-0.05, 0) is 82.8 Å². The predicted octanol–water partition coefficient (Wildman–Crippen LogP) is 1.05. The molecule has 2 fully saturated rings. The number of aliphatic hydroxyl groups excluding tert-OH is 4. The molecule has 0 spiro atoms. The first-order chi connectivity index (χ1) is 29.1. The second-order valence-corrected chi connectivity index (χ2v) is 19.3. The monoisotopic (exact) mass is 1040 g/mol. The van der Waals surface area contributed by atoms with Crippen molar-refractivity contribution < 1.29 is 77.7 Å². The maximum Gasteiger partial charge on any atom is 0.365 e. The lowest BCUT2D eigenvalue weighted by atomic mass is 10.1. The van der Waals surface area contributed by atoms with E-state index in [1.165, 1.54) is 35.6 Å². The van der Waals surface area contributed by atoms with E-state index in [1.807, 2.05) is 0 Å². The van der Waals surface area contributed by atoms with Gasteiger partial charge in [-0.15, -0.1) is 0 Å². The number of benzene rings is 2.